The molecule has 0 spiro atoms. The second kappa shape index (κ2) is 4.73. The van der Waals surface area contributed by atoms with Crippen molar-refractivity contribution in [1.29, 1.82) is 0 Å². The van der Waals surface area contributed by atoms with Crippen LogP contribution in [0.25, 0.3) is 10.1 Å². The fourth-order valence-electron chi connectivity index (χ4n) is 2.84. The number of rotatable bonds is 2. The number of hydrogen-bond acceptors (Lipinski definition) is 4. The van der Waals surface area contributed by atoms with Crippen LogP contribution in [0.15, 0.2) is 18.2 Å². The van der Waals surface area contributed by atoms with Gasteiger partial charge in [0.1, 0.15) is 4.88 Å². The van der Waals surface area contributed by atoms with Crippen LogP contribution in [0.1, 0.15) is 38.9 Å². The summed E-state index contributed by atoms with van der Waals surface area (Å²) in [5.74, 6) is -4.23. The first-order valence-corrected chi connectivity index (χ1v) is 9.24. The highest BCUT2D eigenvalue weighted by atomic mass is 32.2. The number of carbonyl (C=O) groups is 1. The summed E-state index contributed by atoms with van der Waals surface area (Å²) in [6, 6.07) is 4.01. The molecule has 1 aliphatic carbocycles. The van der Waals surface area contributed by atoms with Crippen LogP contribution in [-0.4, -0.2) is 25.7 Å². The molecule has 1 atom stereocenters. The van der Waals surface area contributed by atoms with E-state index in [4.69, 9.17) is 5.11 Å². The molecule has 118 valence electrons. The molecule has 1 N–H and O–H groups in total. The third kappa shape index (κ3) is 2.40. The van der Waals surface area contributed by atoms with E-state index in [1.54, 1.807) is 0 Å². The zero-order chi connectivity index (χ0) is 16.3. The highest BCUT2D eigenvalue weighted by Crippen LogP contribution is 2.48. The maximum absolute atomic E-state index is 14.1. The summed E-state index contributed by atoms with van der Waals surface area (Å²) < 4.78 is 52.5. The number of thiophene rings is 1. The summed E-state index contributed by atoms with van der Waals surface area (Å²) in [5, 5.41) is 8.51. The fourth-order valence-corrected chi connectivity index (χ4v) is 4.97. The standard InChI is InChI=1S/C14H12F2O4S2/c1-22(19,20)12-2-3-14(15,16)9-6-10-7(4-8(9)12)5-11(21-10)13(17)18/h4-6,12H,2-3H2,1H3,(H,17,18). The molecule has 8 heteroatoms. The maximum atomic E-state index is 14.1. The SMILES string of the molecule is CS(=O)(=O)C1CCC(F)(F)c2cc3sc(C(=O)O)cc3cc21. The van der Waals surface area contributed by atoms with Crippen LogP contribution in [0.3, 0.4) is 0 Å². The molecule has 1 unspecified atom stereocenters. The molecule has 4 nitrogen and oxygen atoms in total. The van der Waals surface area contributed by atoms with Gasteiger partial charge >= 0.3 is 5.97 Å². The third-order valence-electron chi connectivity index (χ3n) is 3.88. The van der Waals surface area contributed by atoms with Gasteiger partial charge < -0.3 is 5.11 Å². The average Bonchev–Trinajstić information content (AvgIpc) is 2.78. The molecule has 0 aliphatic heterocycles. The fraction of sp³-hybridized carbons (Fsp3) is 0.357. The molecule has 1 heterocycles. The summed E-state index contributed by atoms with van der Waals surface area (Å²) in [7, 11) is -3.51. The Morgan fingerprint density at radius 3 is 2.64 bits per heavy atom. The molecule has 0 amide bonds. The topological polar surface area (TPSA) is 71.4 Å². The van der Waals surface area contributed by atoms with E-state index in [9.17, 15) is 22.0 Å². The van der Waals surface area contributed by atoms with E-state index in [1.807, 2.05) is 0 Å². The second-order valence-corrected chi connectivity index (χ2v) is 8.77. The molecule has 0 saturated carbocycles. The predicted molar refractivity (Wildman–Crippen MR) is 79.5 cm³/mol. The largest absolute Gasteiger partial charge is 0.477 e. The number of sulfone groups is 1. The zero-order valence-corrected chi connectivity index (χ0v) is 13.1. The van der Waals surface area contributed by atoms with Crippen molar-refractivity contribution in [3.8, 4) is 0 Å². The number of fused-ring (bicyclic) bond motifs is 2. The first-order valence-electron chi connectivity index (χ1n) is 6.47. The van der Waals surface area contributed by atoms with E-state index < -0.39 is 33.4 Å². The molecule has 0 bridgehead atoms. The molecule has 3 rings (SSSR count). The lowest BCUT2D eigenvalue weighted by molar-refractivity contribution is -0.0221. The highest BCUT2D eigenvalue weighted by molar-refractivity contribution is 7.90. The van der Waals surface area contributed by atoms with E-state index >= 15 is 0 Å². The van der Waals surface area contributed by atoms with Gasteiger partial charge in [-0.1, -0.05) is 0 Å². The van der Waals surface area contributed by atoms with E-state index in [0.29, 0.717) is 10.1 Å². The summed E-state index contributed by atoms with van der Waals surface area (Å²) >= 11 is 0.905. The minimum atomic E-state index is -3.51. The van der Waals surface area contributed by atoms with Crippen molar-refractivity contribution in [3.63, 3.8) is 0 Å². The summed E-state index contributed by atoms with van der Waals surface area (Å²) in [6.45, 7) is 0. The monoisotopic (exact) mass is 346 g/mol. The van der Waals surface area contributed by atoms with Gasteiger partial charge in [0.05, 0.1) is 5.25 Å². The number of benzene rings is 1. The van der Waals surface area contributed by atoms with Crippen LogP contribution < -0.4 is 0 Å². The van der Waals surface area contributed by atoms with Crippen molar-refractivity contribution < 1.29 is 27.1 Å². The molecular formula is C14H12F2O4S2. The van der Waals surface area contributed by atoms with Gasteiger partial charge in [-0.25, -0.2) is 22.0 Å². The number of carboxylic acid groups (broad SMARTS) is 1. The molecular weight excluding hydrogens is 334 g/mol. The van der Waals surface area contributed by atoms with E-state index in [2.05, 4.69) is 0 Å². The molecule has 0 fully saturated rings. The Morgan fingerprint density at radius 2 is 2.05 bits per heavy atom. The Kier molecular flexibility index (Phi) is 3.30. The van der Waals surface area contributed by atoms with Gasteiger partial charge in [0.15, 0.2) is 9.84 Å². The molecule has 2 aromatic rings. The van der Waals surface area contributed by atoms with Crippen LogP contribution >= 0.6 is 11.3 Å². The van der Waals surface area contributed by atoms with Gasteiger partial charge in [0, 0.05) is 22.9 Å². The molecule has 1 aliphatic rings. The first kappa shape index (κ1) is 15.4. The van der Waals surface area contributed by atoms with Crippen molar-refractivity contribution >= 4 is 37.2 Å². The number of aromatic carboxylic acids is 1. The Morgan fingerprint density at radius 1 is 1.36 bits per heavy atom. The van der Waals surface area contributed by atoms with Crippen molar-refractivity contribution in [2.24, 2.45) is 0 Å². The second-order valence-electron chi connectivity index (χ2n) is 5.45. The van der Waals surface area contributed by atoms with Gasteiger partial charge in [0.2, 0.25) is 0 Å². The minimum Gasteiger partial charge on any atom is -0.477 e. The van der Waals surface area contributed by atoms with Gasteiger partial charge in [-0.05, 0) is 35.6 Å². The highest BCUT2D eigenvalue weighted by Gasteiger charge is 2.43. The number of hydrogen-bond donors (Lipinski definition) is 1. The summed E-state index contributed by atoms with van der Waals surface area (Å²) in [6.07, 6.45) is 0.367. The van der Waals surface area contributed by atoms with Crippen LogP contribution in [0.5, 0.6) is 0 Å². The lowest BCUT2D eigenvalue weighted by Crippen LogP contribution is -2.27. The van der Waals surface area contributed by atoms with E-state index in [0.717, 1.165) is 17.6 Å². The van der Waals surface area contributed by atoms with E-state index in [-0.39, 0.29) is 22.4 Å². The first-order chi connectivity index (χ1) is 10.1. The minimum absolute atomic E-state index is 0.0385. The molecule has 1 aromatic heterocycles. The average molecular weight is 346 g/mol. The Labute approximate surface area is 129 Å². The number of alkyl halides is 2. The smallest absolute Gasteiger partial charge is 0.345 e. The molecule has 1 aromatic carbocycles. The zero-order valence-electron chi connectivity index (χ0n) is 11.5. The predicted octanol–water partition coefficient (Wildman–Crippen LogP) is 3.57. The third-order valence-corrected chi connectivity index (χ3v) is 6.49. The number of carboxylic acids is 1. The van der Waals surface area contributed by atoms with Gasteiger partial charge in [-0.3, -0.25) is 0 Å². The maximum Gasteiger partial charge on any atom is 0.345 e. The van der Waals surface area contributed by atoms with Gasteiger partial charge in [0.25, 0.3) is 5.92 Å². The van der Waals surface area contributed by atoms with Crippen molar-refractivity contribution in [1.82, 2.24) is 0 Å². The summed E-state index contributed by atoms with van der Waals surface area (Å²) in [4.78, 5) is 11.0. The summed E-state index contributed by atoms with van der Waals surface area (Å²) in [5.41, 5.74) is -0.221. The van der Waals surface area contributed by atoms with Crippen LogP contribution in [0, 0.1) is 0 Å². The lowest BCUT2D eigenvalue weighted by atomic mass is 9.87. The van der Waals surface area contributed by atoms with Crippen molar-refractivity contribution in [2.45, 2.75) is 24.0 Å². The van der Waals surface area contributed by atoms with Gasteiger partial charge in [-0.2, -0.15) is 0 Å². The lowest BCUT2D eigenvalue weighted by Gasteiger charge is -2.30. The van der Waals surface area contributed by atoms with Gasteiger partial charge in [-0.15, -0.1) is 11.3 Å². The Hall–Kier alpha value is -1.54. The molecule has 0 saturated heterocycles. The van der Waals surface area contributed by atoms with E-state index in [1.165, 1.54) is 18.2 Å². The van der Waals surface area contributed by atoms with Crippen molar-refractivity contribution in [2.75, 3.05) is 6.26 Å². The van der Waals surface area contributed by atoms with Crippen LogP contribution in [0.2, 0.25) is 0 Å². The van der Waals surface area contributed by atoms with Crippen molar-refractivity contribution in [3.05, 3.63) is 34.2 Å². The Bertz CT molecular complexity index is 884. The van der Waals surface area contributed by atoms with Crippen LogP contribution in [0.4, 0.5) is 8.78 Å². The molecule has 0 radical (unpaired) electrons. The molecule has 22 heavy (non-hydrogen) atoms. The quantitative estimate of drug-likeness (QED) is 0.902. The normalized spacial score (nSPS) is 20.8. The van der Waals surface area contributed by atoms with Crippen LogP contribution in [-0.2, 0) is 15.8 Å². The Balaban J connectivity index is 2.30. The number of halogens is 2.